The number of hydrogen-bond acceptors (Lipinski definition) is 1. The first-order valence-electron chi connectivity index (χ1n) is 4.15. The van der Waals surface area contributed by atoms with Gasteiger partial charge in [0, 0.05) is 5.56 Å². The van der Waals surface area contributed by atoms with Crippen LogP contribution >= 0.6 is 0 Å². The number of nitrogens with zero attached hydrogens (tertiary/aromatic N) is 1. The minimum Gasteiger partial charge on any atom is -0.461 e. The Morgan fingerprint density at radius 3 is 2.54 bits per heavy atom. The van der Waals surface area contributed by atoms with Crippen LogP contribution in [0.5, 0.6) is 0 Å². The highest BCUT2D eigenvalue weighted by Crippen LogP contribution is 2.17. The van der Waals surface area contributed by atoms with Crippen molar-refractivity contribution in [3.05, 3.63) is 54.1 Å². The second-order valence-electron chi connectivity index (χ2n) is 2.91. The minimum absolute atomic E-state index is 0.794. The number of rotatable bonds is 1. The highest BCUT2D eigenvalue weighted by atomic mass is 16.5. The molecule has 0 N–H and O–H groups in total. The van der Waals surface area contributed by atoms with Crippen molar-refractivity contribution in [3.8, 4) is 0 Å². The van der Waals surface area contributed by atoms with Crippen molar-refractivity contribution in [1.29, 1.82) is 0 Å². The Kier molecular flexibility index (Phi) is 2.04. The van der Waals surface area contributed by atoms with Gasteiger partial charge in [-0.3, -0.25) is 5.32 Å². The SMILES string of the molecule is Cc1ccc(C2=C[N]C=CO2)cc1. The lowest BCUT2D eigenvalue weighted by molar-refractivity contribution is 0.423. The van der Waals surface area contributed by atoms with Crippen LogP contribution in [0.15, 0.2) is 42.9 Å². The topological polar surface area (TPSA) is 23.3 Å². The van der Waals surface area contributed by atoms with Gasteiger partial charge in [0.25, 0.3) is 0 Å². The van der Waals surface area contributed by atoms with E-state index in [0.717, 1.165) is 11.3 Å². The molecule has 0 saturated carbocycles. The van der Waals surface area contributed by atoms with Crippen LogP contribution in [-0.2, 0) is 4.74 Å². The molecule has 1 aromatic rings. The molecule has 1 heterocycles. The van der Waals surface area contributed by atoms with Crippen molar-refractivity contribution >= 4 is 5.76 Å². The summed E-state index contributed by atoms with van der Waals surface area (Å²) in [4.78, 5) is 0. The molecule has 0 bridgehead atoms. The summed E-state index contributed by atoms with van der Waals surface area (Å²) < 4.78 is 5.29. The second kappa shape index (κ2) is 3.35. The van der Waals surface area contributed by atoms with Crippen molar-refractivity contribution in [1.82, 2.24) is 5.32 Å². The monoisotopic (exact) mass is 172 g/mol. The molecule has 0 amide bonds. The summed E-state index contributed by atoms with van der Waals surface area (Å²) in [6.07, 6.45) is 4.91. The van der Waals surface area contributed by atoms with Gasteiger partial charge in [0.05, 0.1) is 12.4 Å². The minimum atomic E-state index is 0.794. The predicted molar refractivity (Wildman–Crippen MR) is 51.5 cm³/mol. The molecule has 2 heteroatoms. The molecule has 0 saturated heterocycles. The number of benzene rings is 1. The Labute approximate surface area is 77.5 Å². The van der Waals surface area contributed by atoms with Gasteiger partial charge in [0.2, 0.25) is 0 Å². The first-order chi connectivity index (χ1) is 6.36. The summed E-state index contributed by atoms with van der Waals surface area (Å²) in [5.74, 6) is 0.794. The lowest BCUT2D eigenvalue weighted by Crippen LogP contribution is -1.96. The molecule has 1 radical (unpaired) electrons. The van der Waals surface area contributed by atoms with Gasteiger partial charge in [0.15, 0.2) is 5.76 Å². The van der Waals surface area contributed by atoms with E-state index in [4.69, 9.17) is 4.74 Å². The molecule has 0 aliphatic carbocycles. The highest BCUT2D eigenvalue weighted by molar-refractivity contribution is 5.60. The first-order valence-corrected chi connectivity index (χ1v) is 4.15. The van der Waals surface area contributed by atoms with Crippen LogP contribution < -0.4 is 5.32 Å². The number of ether oxygens (including phenoxy) is 1. The average Bonchev–Trinajstić information content (AvgIpc) is 2.20. The molecule has 2 nitrogen and oxygen atoms in total. The molecular formula is C11H10NO. The lowest BCUT2D eigenvalue weighted by Gasteiger charge is -2.09. The van der Waals surface area contributed by atoms with Crippen LogP contribution in [0.4, 0.5) is 0 Å². The van der Waals surface area contributed by atoms with Crippen molar-refractivity contribution in [3.63, 3.8) is 0 Å². The molecule has 13 heavy (non-hydrogen) atoms. The molecule has 0 aromatic heterocycles. The Morgan fingerprint density at radius 1 is 1.15 bits per heavy atom. The first kappa shape index (κ1) is 7.92. The lowest BCUT2D eigenvalue weighted by atomic mass is 10.1. The molecule has 0 fully saturated rings. The van der Waals surface area contributed by atoms with Gasteiger partial charge in [0.1, 0.15) is 6.26 Å². The van der Waals surface area contributed by atoms with Gasteiger partial charge in [-0.1, -0.05) is 29.8 Å². The second-order valence-corrected chi connectivity index (χ2v) is 2.91. The summed E-state index contributed by atoms with van der Waals surface area (Å²) in [6, 6.07) is 8.15. The summed E-state index contributed by atoms with van der Waals surface area (Å²) in [5.41, 5.74) is 2.30. The van der Waals surface area contributed by atoms with E-state index in [1.807, 2.05) is 12.1 Å². The van der Waals surface area contributed by atoms with Gasteiger partial charge < -0.3 is 4.74 Å². The summed E-state index contributed by atoms with van der Waals surface area (Å²) in [6.45, 7) is 2.06. The quantitative estimate of drug-likeness (QED) is 0.638. The van der Waals surface area contributed by atoms with E-state index in [2.05, 4.69) is 24.4 Å². The van der Waals surface area contributed by atoms with Crippen LogP contribution in [0.3, 0.4) is 0 Å². The van der Waals surface area contributed by atoms with Crippen LogP contribution in [0.2, 0.25) is 0 Å². The molecule has 1 aromatic carbocycles. The molecule has 0 spiro atoms. The van der Waals surface area contributed by atoms with Crippen molar-refractivity contribution in [2.45, 2.75) is 6.92 Å². The van der Waals surface area contributed by atoms with Gasteiger partial charge in [-0.25, -0.2) is 0 Å². The third-order valence-electron chi connectivity index (χ3n) is 1.87. The maximum Gasteiger partial charge on any atom is 0.152 e. The fourth-order valence-electron chi connectivity index (χ4n) is 1.14. The van der Waals surface area contributed by atoms with Crippen LogP contribution in [0.1, 0.15) is 11.1 Å². The number of hydrogen-bond donors (Lipinski definition) is 0. The van der Waals surface area contributed by atoms with E-state index in [-0.39, 0.29) is 0 Å². The zero-order valence-electron chi connectivity index (χ0n) is 7.40. The maximum absolute atomic E-state index is 5.29. The van der Waals surface area contributed by atoms with E-state index in [9.17, 15) is 0 Å². The fourth-order valence-corrected chi connectivity index (χ4v) is 1.14. The Hall–Kier alpha value is -1.70. The fraction of sp³-hybridized carbons (Fsp3) is 0.0909. The van der Waals surface area contributed by atoms with E-state index < -0.39 is 0 Å². The van der Waals surface area contributed by atoms with Gasteiger partial charge in [-0.05, 0) is 6.92 Å². The Balaban J connectivity index is 2.25. The van der Waals surface area contributed by atoms with Gasteiger partial charge in [-0.15, -0.1) is 0 Å². The summed E-state index contributed by atoms with van der Waals surface area (Å²) in [5, 5.41) is 3.99. The van der Waals surface area contributed by atoms with Crippen LogP contribution in [0, 0.1) is 6.92 Å². The molecule has 65 valence electrons. The molecule has 1 aliphatic rings. The van der Waals surface area contributed by atoms with Crippen LogP contribution in [-0.4, -0.2) is 0 Å². The smallest absolute Gasteiger partial charge is 0.152 e. The van der Waals surface area contributed by atoms with E-state index in [0.29, 0.717) is 0 Å². The van der Waals surface area contributed by atoms with Crippen molar-refractivity contribution < 1.29 is 4.74 Å². The van der Waals surface area contributed by atoms with Crippen molar-refractivity contribution in [2.24, 2.45) is 0 Å². The predicted octanol–water partition coefficient (Wildman–Crippen LogP) is 2.40. The number of aryl methyl sites for hydroxylation is 1. The average molecular weight is 172 g/mol. The molecule has 0 unspecified atom stereocenters. The van der Waals surface area contributed by atoms with Gasteiger partial charge in [-0.2, -0.15) is 0 Å². The van der Waals surface area contributed by atoms with Gasteiger partial charge >= 0.3 is 0 Å². The highest BCUT2D eigenvalue weighted by Gasteiger charge is 2.03. The zero-order chi connectivity index (χ0) is 9.10. The Morgan fingerprint density at radius 2 is 1.92 bits per heavy atom. The Bertz CT molecular complexity index is 349. The molecule has 2 rings (SSSR count). The van der Waals surface area contributed by atoms with Crippen LogP contribution in [0.25, 0.3) is 5.76 Å². The third kappa shape index (κ3) is 1.72. The van der Waals surface area contributed by atoms with E-state index in [1.54, 1.807) is 18.7 Å². The standard InChI is InChI=1S/C11H10NO/c1-9-2-4-10(5-3-9)11-8-12-6-7-13-11/h2-8H,1H3. The summed E-state index contributed by atoms with van der Waals surface area (Å²) >= 11 is 0. The van der Waals surface area contributed by atoms with E-state index >= 15 is 0 Å². The molecule has 1 aliphatic heterocycles. The molecule has 0 atom stereocenters. The van der Waals surface area contributed by atoms with Crippen molar-refractivity contribution in [2.75, 3.05) is 0 Å². The molecular weight excluding hydrogens is 162 g/mol. The normalized spacial score (nSPS) is 14.4. The summed E-state index contributed by atoms with van der Waals surface area (Å²) in [7, 11) is 0. The van der Waals surface area contributed by atoms with E-state index in [1.165, 1.54) is 5.56 Å². The zero-order valence-corrected chi connectivity index (χ0v) is 7.40. The maximum atomic E-state index is 5.29. The largest absolute Gasteiger partial charge is 0.461 e. The third-order valence-corrected chi connectivity index (χ3v) is 1.87.